The molecule has 1 unspecified atom stereocenters. The molecule has 1 aliphatic heterocycles. The van der Waals surface area contributed by atoms with E-state index in [0.717, 1.165) is 43.9 Å². The predicted octanol–water partition coefficient (Wildman–Crippen LogP) is 1.61. The van der Waals surface area contributed by atoms with Gasteiger partial charge in [0.2, 0.25) is 5.91 Å². The lowest BCUT2D eigenvalue weighted by Crippen LogP contribution is -2.41. The van der Waals surface area contributed by atoms with Gasteiger partial charge in [-0.15, -0.1) is 0 Å². The zero-order valence-corrected chi connectivity index (χ0v) is 11.4. The van der Waals surface area contributed by atoms with Crippen molar-refractivity contribution in [1.82, 2.24) is 4.98 Å². The fourth-order valence-electron chi connectivity index (χ4n) is 2.41. The van der Waals surface area contributed by atoms with Crippen molar-refractivity contribution in [2.45, 2.75) is 26.2 Å². The van der Waals surface area contributed by atoms with Crippen LogP contribution in [0.25, 0.3) is 0 Å². The van der Waals surface area contributed by atoms with Gasteiger partial charge in [-0.25, -0.2) is 4.98 Å². The van der Waals surface area contributed by atoms with Gasteiger partial charge in [0.1, 0.15) is 5.82 Å². The third kappa shape index (κ3) is 3.59. The standard InChI is InChI=1S/C14H22N4O/c1-2-6-16-13-9-12(5-7-17-13)18-8-3-4-11(10-18)14(15)19/h5,7,9,11H,2-4,6,8,10H2,1H3,(H2,15,19)(H,16,17). The molecule has 0 spiro atoms. The lowest BCUT2D eigenvalue weighted by Gasteiger charge is -2.33. The Morgan fingerprint density at radius 2 is 2.47 bits per heavy atom. The van der Waals surface area contributed by atoms with Crippen molar-refractivity contribution < 1.29 is 4.79 Å². The summed E-state index contributed by atoms with van der Waals surface area (Å²) in [5, 5.41) is 3.28. The molecule has 0 aliphatic carbocycles. The topological polar surface area (TPSA) is 71.2 Å². The number of hydrogen-bond acceptors (Lipinski definition) is 4. The Hall–Kier alpha value is -1.78. The molecule has 3 N–H and O–H groups in total. The van der Waals surface area contributed by atoms with Gasteiger partial charge in [-0.05, 0) is 25.3 Å². The van der Waals surface area contributed by atoms with E-state index in [1.807, 2.05) is 12.1 Å². The number of carbonyl (C=O) groups excluding carboxylic acids is 1. The molecule has 1 fully saturated rings. The van der Waals surface area contributed by atoms with Crippen LogP contribution in [0.1, 0.15) is 26.2 Å². The fourth-order valence-corrected chi connectivity index (χ4v) is 2.41. The van der Waals surface area contributed by atoms with E-state index in [4.69, 9.17) is 5.73 Å². The maximum atomic E-state index is 11.3. The number of anilines is 2. The lowest BCUT2D eigenvalue weighted by molar-refractivity contribution is -0.122. The van der Waals surface area contributed by atoms with Crippen LogP contribution in [0.3, 0.4) is 0 Å². The van der Waals surface area contributed by atoms with Crippen LogP contribution in [0.5, 0.6) is 0 Å². The number of piperidine rings is 1. The maximum absolute atomic E-state index is 11.3. The smallest absolute Gasteiger partial charge is 0.222 e. The number of nitrogens with two attached hydrogens (primary N) is 1. The Morgan fingerprint density at radius 1 is 1.63 bits per heavy atom. The summed E-state index contributed by atoms with van der Waals surface area (Å²) in [7, 11) is 0. The highest BCUT2D eigenvalue weighted by Gasteiger charge is 2.24. The van der Waals surface area contributed by atoms with Gasteiger partial charge >= 0.3 is 0 Å². The van der Waals surface area contributed by atoms with Crippen LogP contribution in [0.2, 0.25) is 0 Å². The van der Waals surface area contributed by atoms with Crippen molar-refractivity contribution in [3.63, 3.8) is 0 Å². The van der Waals surface area contributed by atoms with E-state index < -0.39 is 0 Å². The molecule has 5 heteroatoms. The van der Waals surface area contributed by atoms with Crippen molar-refractivity contribution in [3.05, 3.63) is 18.3 Å². The molecule has 0 aromatic carbocycles. The Labute approximate surface area is 114 Å². The number of nitrogens with zero attached hydrogens (tertiary/aromatic N) is 2. The van der Waals surface area contributed by atoms with E-state index in [-0.39, 0.29) is 11.8 Å². The first-order valence-electron chi connectivity index (χ1n) is 6.95. The van der Waals surface area contributed by atoms with Gasteiger partial charge in [0.25, 0.3) is 0 Å². The van der Waals surface area contributed by atoms with E-state index in [9.17, 15) is 4.79 Å². The quantitative estimate of drug-likeness (QED) is 0.845. The van der Waals surface area contributed by atoms with Crippen LogP contribution in [0, 0.1) is 5.92 Å². The Bertz CT molecular complexity index is 435. The monoisotopic (exact) mass is 262 g/mol. The highest BCUT2D eigenvalue weighted by molar-refractivity contribution is 5.77. The van der Waals surface area contributed by atoms with Gasteiger partial charge in [-0.3, -0.25) is 4.79 Å². The molecule has 19 heavy (non-hydrogen) atoms. The van der Waals surface area contributed by atoms with Crippen molar-refractivity contribution in [2.24, 2.45) is 11.7 Å². The summed E-state index contributed by atoms with van der Waals surface area (Å²) in [6.07, 6.45) is 4.78. The van der Waals surface area contributed by atoms with Crippen LogP contribution in [-0.2, 0) is 4.79 Å². The molecule has 1 aromatic rings. The van der Waals surface area contributed by atoms with E-state index in [0.29, 0.717) is 6.54 Å². The first-order chi connectivity index (χ1) is 9.20. The Morgan fingerprint density at radius 3 is 3.21 bits per heavy atom. The molecule has 2 heterocycles. The molecule has 0 saturated carbocycles. The van der Waals surface area contributed by atoms with Gasteiger partial charge in [-0.1, -0.05) is 6.92 Å². The van der Waals surface area contributed by atoms with Crippen LogP contribution < -0.4 is 16.0 Å². The van der Waals surface area contributed by atoms with Gasteiger partial charge < -0.3 is 16.0 Å². The highest BCUT2D eigenvalue weighted by Crippen LogP contribution is 2.24. The van der Waals surface area contributed by atoms with Crippen molar-refractivity contribution in [1.29, 1.82) is 0 Å². The molecule has 104 valence electrons. The molecule has 0 radical (unpaired) electrons. The molecule has 1 aliphatic rings. The zero-order chi connectivity index (χ0) is 13.7. The third-order valence-corrected chi connectivity index (χ3v) is 3.49. The highest BCUT2D eigenvalue weighted by atomic mass is 16.1. The number of amides is 1. The number of aromatic nitrogens is 1. The minimum atomic E-state index is -0.192. The first-order valence-corrected chi connectivity index (χ1v) is 6.95. The second-order valence-corrected chi connectivity index (χ2v) is 5.01. The van der Waals surface area contributed by atoms with E-state index in [2.05, 4.69) is 22.1 Å². The molecule has 1 saturated heterocycles. The normalized spacial score (nSPS) is 19.2. The van der Waals surface area contributed by atoms with Crippen molar-refractivity contribution in [3.8, 4) is 0 Å². The molecular formula is C14H22N4O. The Balaban J connectivity index is 2.06. The minimum absolute atomic E-state index is 0.0334. The van der Waals surface area contributed by atoms with E-state index >= 15 is 0 Å². The molecule has 1 aromatic heterocycles. The molecule has 2 rings (SSSR count). The number of rotatable bonds is 5. The van der Waals surface area contributed by atoms with Crippen LogP contribution in [0.15, 0.2) is 18.3 Å². The second kappa shape index (κ2) is 6.41. The number of nitrogens with one attached hydrogen (secondary N) is 1. The molecular weight excluding hydrogens is 240 g/mol. The zero-order valence-electron chi connectivity index (χ0n) is 11.4. The van der Waals surface area contributed by atoms with Crippen LogP contribution in [-0.4, -0.2) is 30.5 Å². The summed E-state index contributed by atoms with van der Waals surface area (Å²) in [6.45, 7) is 4.73. The number of primary amides is 1. The molecule has 0 bridgehead atoms. The van der Waals surface area contributed by atoms with Gasteiger partial charge in [-0.2, -0.15) is 0 Å². The average molecular weight is 262 g/mol. The lowest BCUT2D eigenvalue weighted by atomic mass is 9.97. The van der Waals surface area contributed by atoms with Crippen LogP contribution >= 0.6 is 0 Å². The van der Waals surface area contributed by atoms with Crippen molar-refractivity contribution in [2.75, 3.05) is 29.9 Å². The van der Waals surface area contributed by atoms with Crippen LogP contribution in [0.4, 0.5) is 11.5 Å². The summed E-state index contributed by atoms with van der Waals surface area (Å²) < 4.78 is 0. The molecule has 1 amide bonds. The fraction of sp³-hybridized carbons (Fsp3) is 0.571. The number of hydrogen-bond donors (Lipinski definition) is 2. The Kier molecular flexibility index (Phi) is 4.60. The summed E-state index contributed by atoms with van der Waals surface area (Å²) in [4.78, 5) is 17.8. The van der Waals surface area contributed by atoms with Gasteiger partial charge in [0.05, 0.1) is 5.92 Å². The summed E-state index contributed by atoms with van der Waals surface area (Å²) in [5.74, 6) is 0.664. The van der Waals surface area contributed by atoms with Crippen molar-refractivity contribution >= 4 is 17.4 Å². The van der Waals surface area contributed by atoms with E-state index in [1.165, 1.54) is 0 Å². The molecule has 5 nitrogen and oxygen atoms in total. The van der Waals surface area contributed by atoms with E-state index in [1.54, 1.807) is 6.20 Å². The average Bonchev–Trinajstić information content (AvgIpc) is 2.45. The maximum Gasteiger partial charge on any atom is 0.222 e. The SMILES string of the molecule is CCCNc1cc(N2CCCC(C(N)=O)C2)ccn1. The first kappa shape index (κ1) is 13.6. The number of pyridine rings is 1. The summed E-state index contributed by atoms with van der Waals surface area (Å²) >= 11 is 0. The largest absolute Gasteiger partial charge is 0.371 e. The van der Waals surface area contributed by atoms with Gasteiger partial charge in [0, 0.05) is 37.6 Å². The predicted molar refractivity (Wildman–Crippen MR) is 77.1 cm³/mol. The molecule has 1 atom stereocenters. The number of carbonyl (C=O) groups is 1. The second-order valence-electron chi connectivity index (χ2n) is 5.01. The summed E-state index contributed by atoms with van der Waals surface area (Å²) in [6, 6.07) is 4.03. The summed E-state index contributed by atoms with van der Waals surface area (Å²) in [5.41, 5.74) is 6.52. The van der Waals surface area contributed by atoms with Gasteiger partial charge in [0.15, 0.2) is 0 Å². The third-order valence-electron chi connectivity index (χ3n) is 3.49. The minimum Gasteiger partial charge on any atom is -0.371 e.